The van der Waals surface area contributed by atoms with E-state index in [0.29, 0.717) is 6.54 Å². The van der Waals surface area contributed by atoms with Crippen LogP contribution in [0.5, 0.6) is 0 Å². The molecule has 1 aromatic carbocycles. The maximum atomic E-state index is 12.2. The Morgan fingerprint density at radius 3 is 2.65 bits per heavy atom. The third-order valence-corrected chi connectivity index (χ3v) is 3.15. The first-order valence-corrected chi connectivity index (χ1v) is 6.03. The largest absolute Gasteiger partial charge is 0.402 e. The summed E-state index contributed by atoms with van der Waals surface area (Å²) < 4.78 is 0. The monoisotopic (exact) mass is 230 g/mol. The SMILES string of the molecule is CCC1=C(N)CCN(Cc2ccccc2)C1=O. The number of hydrogen-bond donors (Lipinski definition) is 1. The van der Waals surface area contributed by atoms with Crippen LogP contribution in [0.3, 0.4) is 0 Å². The molecule has 17 heavy (non-hydrogen) atoms. The Morgan fingerprint density at radius 1 is 1.29 bits per heavy atom. The van der Waals surface area contributed by atoms with Crippen LogP contribution in [0.25, 0.3) is 0 Å². The molecular weight excluding hydrogens is 212 g/mol. The number of carbonyl (C=O) groups is 1. The molecule has 2 rings (SSSR count). The van der Waals surface area contributed by atoms with Gasteiger partial charge in [0.2, 0.25) is 0 Å². The van der Waals surface area contributed by atoms with Gasteiger partial charge in [0.05, 0.1) is 0 Å². The molecule has 0 saturated carbocycles. The molecule has 1 amide bonds. The number of nitrogens with two attached hydrogens (primary N) is 1. The molecule has 1 aromatic rings. The first-order chi connectivity index (χ1) is 8.22. The summed E-state index contributed by atoms with van der Waals surface area (Å²) in [5.41, 5.74) is 8.58. The first kappa shape index (κ1) is 11.7. The Labute approximate surface area is 102 Å². The highest BCUT2D eigenvalue weighted by Crippen LogP contribution is 2.20. The van der Waals surface area contributed by atoms with E-state index in [1.807, 2.05) is 42.2 Å². The zero-order chi connectivity index (χ0) is 12.3. The van der Waals surface area contributed by atoms with Gasteiger partial charge in [-0.3, -0.25) is 4.79 Å². The highest BCUT2D eigenvalue weighted by Gasteiger charge is 2.24. The molecule has 0 atom stereocenters. The van der Waals surface area contributed by atoms with Crippen LogP contribution in [-0.4, -0.2) is 17.4 Å². The molecule has 0 unspecified atom stereocenters. The van der Waals surface area contributed by atoms with E-state index in [1.54, 1.807) is 0 Å². The van der Waals surface area contributed by atoms with Gasteiger partial charge in [-0.25, -0.2) is 0 Å². The van der Waals surface area contributed by atoms with E-state index in [9.17, 15) is 4.79 Å². The van der Waals surface area contributed by atoms with Crippen LogP contribution in [0, 0.1) is 0 Å². The van der Waals surface area contributed by atoms with Gasteiger partial charge < -0.3 is 10.6 Å². The van der Waals surface area contributed by atoms with Gasteiger partial charge in [-0.15, -0.1) is 0 Å². The second-order valence-corrected chi connectivity index (χ2v) is 4.32. The van der Waals surface area contributed by atoms with E-state index in [4.69, 9.17) is 5.73 Å². The van der Waals surface area contributed by atoms with Crippen LogP contribution in [0.4, 0.5) is 0 Å². The third kappa shape index (κ3) is 2.49. The Kier molecular flexibility index (Phi) is 3.47. The average Bonchev–Trinajstić information content (AvgIpc) is 2.35. The van der Waals surface area contributed by atoms with Crippen molar-refractivity contribution in [2.24, 2.45) is 5.73 Å². The minimum absolute atomic E-state index is 0.0973. The summed E-state index contributed by atoms with van der Waals surface area (Å²) in [5, 5.41) is 0. The van der Waals surface area contributed by atoms with E-state index in [0.717, 1.165) is 36.2 Å². The summed E-state index contributed by atoms with van der Waals surface area (Å²) >= 11 is 0. The van der Waals surface area contributed by atoms with E-state index in [-0.39, 0.29) is 5.91 Å². The van der Waals surface area contributed by atoms with Crippen molar-refractivity contribution in [3.63, 3.8) is 0 Å². The molecule has 1 heterocycles. The van der Waals surface area contributed by atoms with Gasteiger partial charge in [0.15, 0.2) is 0 Å². The lowest BCUT2D eigenvalue weighted by atomic mass is 10.0. The standard InChI is InChI=1S/C14H18N2O/c1-2-12-13(15)8-9-16(14(12)17)10-11-6-4-3-5-7-11/h3-7H,2,8-10,15H2,1H3. The number of carbonyl (C=O) groups excluding carboxylic acids is 1. The number of benzene rings is 1. The maximum Gasteiger partial charge on any atom is 0.251 e. The van der Waals surface area contributed by atoms with Crippen molar-refractivity contribution in [1.82, 2.24) is 4.90 Å². The summed E-state index contributed by atoms with van der Waals surface area (Å²) in [5.74, 6) is 0.0973. The van der Waals surface area contributed by atoms with E-state index in [1.165, 1.54) is 0 Å². The topological polar surface area (TPSA) is 46.3 Å². The number of nitrogens with zero attached hydrogens (tertiary/aromatic N) is 1. The predicted octanol–water partition coefficient (Wildman–Crippen LogP) is 2.04. The quantitative estimate of drug-likeness (QED) is 0.863. The van der Waals surface area contributed by atoms with Gasteiger partial charge in [0.25, 0.3) is 5.91 Å². The molecule has 0 spiro atoms. The average molecular weight is 230 g/mol. The zero-order valence-corrected chi connectivity index (χ0v) is 10.1. The van der Waals surface area contributed by atoms with Crippen LogP contribution >= 0.6 is 0 Å². The van der Waals surface area contributed by atoms with Crippen molar-refractivity contribution in [3.8, 4) is 0 Å². The molecule has 2 N–H and O–H groups in total. The van der Waals surface area contributed by atoms with Crippen molar-refractivity contribution >= 4 is 5.91 Å². The second kappa shape index (κ2) is 5.04. The number of amides is 1. The van der Waals surface area contributed by atoms with Crippen LogP contribution in [0.15, 0.2) is 41.6 Å². The van der Waals surface area contributed by atoms with Crippen molar-refractivity contribution in [2.45, 2.75) is 26.3 Å². The van der Waals surface area contributed by atoms with Crippen LogP contribution in [-0.2, 0) is 11.3 Å². The minimum atomic E-state index is 0.0973. The fourth-order valence-corrected chi connectivity index (χ4v) is 2.17. The van der Waals surface area contributed by atoms with Gasteiger partial charge in [-0.1, -0.05) is 37.3 Å². The summed E-state index contributed by atoms with van der Waals surface area (Å²) in [6, 6.07) is 10.1. The number of hydrogen-bond acceptors (Lipinski definition) is 2. The first-order valence-electron chi connectivity index (χ1n) is 6.03. The van der Waals surface area contributed by atoms with Gasteiger partial charge in [-0.05, 0) is 12.0 Å². The van der Waals surface area contributed by atoms with Crippen LogP contribution in [0.1, 0.15) is 25.3 Å². The fourth-order valence-electron chi connectivity index (χ4n) is 2.17. The van der Waals surface area contributed by atoms with E-state index < -0.39 is 0 Å². The predicted molar refractivity (Wildman–Crippen MR) is 68.0 cm³/mol. The van der Waals surface area contributed by atoms with Crippen molar-refractivity contribution in [2.75, 3.05) is 6.54 Å². The highest BCUT2D eigenvalue weighted by molar-refractivity contribution is 5.94. The molecule has 0 saturated heterocycles. The lowest BCUT2D eigenvalue weighted by Gasteiger charge is -2.29. The lowest BCUT2D eigenvalue weighted by Crippen LogP contribution is -2.38. The Hall–Kier alpha value is -1.77. The second-order valence-electron chi connectivity index (χ2n) is 4.32. The summed E-state index contributed by atoms with van der Waals surface area (Å²) in [6.45, 7) is 3.38. The molecular formula is C14H18N2O. The minimum Gasteiger partial charge on any atom is -0.402 e. The molecule has 3 nitrogen and oxygen atoms in total. The lowest BCUT2D eigenvalue weighted by molar-refractivity contribution is -0.128. The Bertz CT molecular complexity index is 437. The smallest absolute Gasteiger partial charge is 0.251 e. The zero-order valence-electron chi connectivity index (χ0n) is 10.1. The molecule has 90 valence electrons. The normalized spacial score (nSPS) is 16.5. The Balaban J connectivity index is 2.12. The molecule has 1 aliphatic heterocycles. The van der Waals surface area contributed by atoms with Crippen molar-refractivity contribution in [1.29, 1.82) is 0 Å². The van der Waals surface area contributed by atoms with E-state index in [2.05, 4.69) is 0 Å². The maximum absolute atomic E-state index is 12.2. The van der Waals surface area contributed by atoms with Crippen molar-refractivity contribution < 1.29 is 4.79 Å². The van der Waals surface area contributed by atoms with Gasteiger partial charge in [0.1, 0.15) is 0 Å². The molecule has 0 bridgehead atoms. The number of rotatable bonds is 3. The molecule has 0 aliphatic carbocycles. The Morgan fingerprint density at radius 2 is 2.00 bits per heavy atom. The van der Waals surface area contributed by atoms with Gasteiger partial charge in [-0.2, -0.15) is 0 Å². The third-order valence-electron chi connectivity index (χ3n) is 3.15. The summed E-state index contributed by atoms with van der Waals surface area (Å²) in [4.78, 5) is 14.0. The van der Waals surface area contributed by atoms with Crippen LogP contribution in [0.2, 0.25) is 0 Å². The molecule has 0 radical (unpaired) electrons. The van der Waals surface area contributed by atoms with E-state index >= 15 is 0 Å². The molecule has 0 fully saturated rings. The van der Waals surface area contributed by atoms with Crippen LogP contribution < -0.4 is 5.73 Å². The van der Waals surface area contributed by atoms with Gasteiger partial charge in [0, 0.05) is 30.8 Å². The van der Waals surface area contributed by atoms with Crippen molar-refractivity contribution in [3.05, 3.63) is 47.2 Å². The highest BCUT2D eigenvalue weighted by atomic mass is 16.2. The van der Waals surface area contributed by atoms with Gasteiger partial charge >= 0.3 is 0 Å². The summed E-state index contributed by atoms with van der Waals surface area (Å²) in [6.07, 6.45) is 1.51. The molecule has 3 heteroatoms. The summed E-state index contributed by atoms with van der Waals surface area (Å²) in [7, 11) is 0. The molecule has 0 aromatic heterocycles. The molecule has 1 aliphatic rings. The fraction of sp³-hybridized carbons (Fsp3) is 0.357.